The van der Waals surface area contributed by atoms with Crippen LogP contribution in [-0.2, 0) is 0 Å². The fourth-order valence-electron chi connectivity index (χ4n) is 3.63. The predicted octanol–water partition coefficient (Wildman–Crippen LogP) is 3.90. The number of rotatable bonds is 8. The van der Waals surface area contributed by atoms with Gasteiger partial charge in [0, 0.05) is 35.0 Å². The molecule has 0 unspecified atom stereocenters. The first kappa shape index (κ1) is 20.7. The van der Waals surface area contributed by atoms with E-state index in [1.807, 2.05) is 49.4 Å². The normalized spacial score (nSPS) is 11.1. The second kappa shape index (κ2) is 9.06. The first-order chi connectivity index (χ1) is 15.2. The summed E-state index contributed by atoms with van der Waals surface area (Å²) in [7, 11) is 1.60. The van der Waals surface area contributed by atoms with E-state index in [0.717, 1.165) is 27.4 Å². The Hall–Kier alpha value is -3.58. The molecule has 4 rings (SSSR count). The number of aromatic amines is 1. The molecule has 0 aliphatic rings. The maximum absolute atomic E-state index is 12.8. The van der Waals surface area contributed by atoms with Gasteiger partial charge in [-0.3, -0.25) is 4.79 Å². The fourth-order valence-corrected chi connectivity index (χ4v) is 3.63. The van der Waals surface area contributed by atoms with Crippen molar-refractivity contribution < 1.29 is 19.4 Å². The number of aromatic nitrogens is 2. The zero-order valence-corrected chi connectivity index (χ0v) is 17.6. The largest absolute Gasteiger partial charge is 0.493 e. The van der Waals surface area contributed by atoms with Gasteiger partial charge < -0.3 is 24.9 Å². The monoisotopic (exact) mass is 419 g/mol. The number of pyridine rings is 1. The van der Waals surface area contributed by atoms with Crippen molar-refractivity contribution in [3.8, 4) is 22.8 Å². The molecule has 2 aromatic heterocycles. The Balaban J connectivity index is 1.89. The van der Waals surface area contributed by atoms with Gasteiger partial charge in [-0.05, 0) is 43.7 Å². The molecular weight excluding hydrogens is 394 g/mol. The number of carbonyl (C=O) groups excluding carboxylic acids is 1. The van der Waals surface area contributed by atoms with Crippen molar-refractivity contribution in [1.29, 1.82) is 0 Å². The SMILES string of the molecule is CCOc1ccc(-c2nc(C(=O)NCCCO)cc3c2[nH]c2ccccc23)cc1OC. The number of para-hydroxylation sites is 1. The van der Waals surface area contributed by atoms with E-state index in [1.54, 1.807) is 13.2 Å². The Morgan fingerprint density at radius 3 is 2.74 bits per heavy atom. The first-order valence-corrected chi connectivity index (χ1v) is 10.3. The van der Waals surface area contributed by atoms with Gasteiger partial charge >= 0.3 is 0 Å². The molecule has 7 heteroatoms. The van der Waals surface area contributed by atoms with E-state index in [-0.39, 0.29) is 12.5 Å². The Morgan fingerprint density at radius 1 is 1.13 bits per heavy atom. The number of nitrogens with zero attached hydrogens (tertiary/aromatic N) is 1. The highest BCUT2D eigenvalue weighted by Gasteiger charge is 2.18. The molecule has 2 heterocycles. The minimum absolute atomic E-state index is 0.0203. The van der Waals surface area contributed by atoms with E-state index in [9.17, 15) is 4.79 Å². The molecule has 0 saturated heterocycles. The van der Waals surface area contributed by atoms with Crippen LogP contribution in [0.15, 0.2) is 48.5 Å². The number of aliphatic hydroxyl groups is 1. The zero-order valence-electron chi connectivity index (χ0n) is 17.6. The molecule has 0 aliphatic heterocycles. The van der Waals surface area contributed by atoms with Crippen LogP contribution in [0.1, 0.15) is 23.8 Å². The van der Waals surface area contributed by atoms with Crippen LogP contribution in [0.4, 0.5) is 0 Å². The van der Waals surface area contributed by atoms with Crippen molar-refractivity contribution >= 4 is 27.7 Å². The lowest BCUT2D eigenvalue weighted by molar-refractivity contribution is 0.0946. The summed E-state index contributed by atoms with van der Waals surface area (Å²) in [5, 5.41) is 13.7. The summed E-state index contributed by atoms with van der Waals surface area (Å²) in [6.45, 7) is 2.85. The van der Waals surface area contributed by atoms with E-state index < -0.39 is 0 Å². The van der Waals surface area contributed by atoms with Crippen LogP contribution in [0.25, 0.3) is 33.1 Å². The molecule has 2 aromatic carbocycles. The van der Waals surface area contributed by atoms with E-state index in [1.165, 1.54) is 0 Å². The summed E-state index contributed by atoms with van der Waals surface area (Å²) >= 11 is 0. The maximum Gasteiger partial charge on any atom is 0.269 e. The highest BCUT2D eigenvalue weighted by Crippen LogP contribution is 2.36. The molecule has 160 valence electrons. The molecule has 7 nitrogen and oxygen atoms in total. The van der Waals surface area contributed by atoms with Crippen LogP contribution in [0.3, 0.4) is 0 Å². The van der Waals surface area contributed by atoms with Crippen molar-refractivity contribution in [2.24, 2.45) is 0 Å². The van der Waals surface area contributed by atoms with Crippen LogP contribution >= 0.6 is 0 Å². The molecule has 4 aromatic rings. The number of nitrogens with one attached hydrogen (secondary N) is 2. The lowest BCUT2D eigenvalue weighted by Crippen LogP contribution is -2.26. The molecule has 0 saturated carbocycles. The fraction of sp³-hybridized carbons (Fsp3) is 0.250. The molecule has 3 N–H and O–H groups in total. The average molecular weight is 419 g/mol. The van der Waals surface area contributed by atoms with Crippen molar-refractivity contribution in [1.82, 2.24) is 15.3 Å². The van der Waals surface area contributed by atoms with Crippen molar-refractivity contribution in [2.45, 2.75) is 13.3 Å². The number of fused-ring (bicyclic) bond motifs is 3. The van der Waals surface area contributed by atoms with Gasteiger partial charge in [0.15, 0.2) is 11.5 Å². The Labute approximate surface area is 180 Å². The Kier molecular flexibility index (Phi) is 6.04. The van der Waals surface area contributed by atoms with E-state index >= 15 is 0 Å². The second-order valence-corrected chi connectivity index (χ2v) is 7.08. The van der Waals surface area contributed by atoms with E-state index in [2.05, 4.69) is 10.3 Å². The number of amides is 1. The molecule has 31 heavy (non-hydrogen) atoms. The van der Waals surface area contributed by atoms with Gasteiger partial charge in [-0.25, -0.2) is 4.98 Å². The molecule has 0 atom stereocenters. The van der Waals surface area contributed by atoms with Crippen molar-refractivity contribution in [3.63, 3.8) is 0 Å². The minimum atomic E-state index is -0.278. The first-order valence-electron chi connectivity index (χ1n) is 10.3. The van der Waals surface area contributed by atoms with Gasteiger partial charge in [-0.1, -0.05) is 18.2 Å². The van der Waals surface area contributed by atoms with Gasteiger partial charge in [0.2, 0.25) is 0 Å². The van der Waals surface area contributed by atoms with Crippen LogP contribution in [0, 0.1) is 0 Å². The smallest absolute Gasteiger partial charge is 0.269 e. The van der Waals surface area contributed by atoms with Crippen LogP contribution < -0.4 is 14.8 Å². The summed E-state index contributed by atoms with van der Waals surface area (Å²) in [6.07, 6.45) is 0.490. The summed E-state index contributed by atoms with van der Waals surface area (Å²) < 4.78 is 11.1. The number of ether oxygens (including phenoxy) is 2. The van der Waals surface area contributed by atoms with E-state index in [4.69, 9.17) is 19.6 Å². The minimum Gasteiger partial charge on any atom is -0.493 e. The summed E-state index contributed by atoms with van der Waals surface area (Å²) in [5.74, 6) is 0.975. The summed E-state index contributed by atoms with van der Waals surface area (Å²) in [6, 6.07) is 15.4. The third kappa shape index (κ3) is 4.04. The maximum atomic E-state index is 12.8. The highest BCUT2D eigenvalue weighted by atomic mass is 16.5. The van der Waals surface area contributed by atoms with E-state index in [0.29, 0.717) is 42.5 Å². The van der Waals surface area contributed by atoms with Gasteiger partial charge in [-0.2, -0.15) is 0 Å². The van der Waals surface area contributed by atoms with Gasteiger partial charge in [-0.15, -0.1) is 0 Å². The predicted molar refractivity (Wildman–Crippen MR) is 121 cm³/mol. The third-order valence-corrected chi connectivity index (χ3v) is 5.09. The number of carbonyl (C=O) groups is 1. The quantitative estimate of drug-likeness (QED) is 0.377. The molecule has 0 radical (unpaired) electrons. The number of benzene rings is 2. The number of hydrogen-bond donors (Lipinski definition) is 3. The third-order valence-electron chi connectivity index (χ3n) is 5.09. The van der Waals surface area contributed by atoms with Crippen molar-refractivity contribution in [2.75, 3.05) is 26.9 Å². The number of aliphatic hydroxyl groups excluding tert-OH is 1. The standard InChI is InChI=1S/C24H25N3O4/c1-3-31-20-10-9-15(13-21(20)30-2)22-23-17(16-7-4-5-8-18(16)26-23)14-19(27-22)24(29)25-11-6-12-28/h4-5,7-10,13-14,26,28H,3,6,11-12H2,1-2H3,(H,25,29). The Bertz CT molecular complexity index is 1230. The lowest BCUT2D eigenvalue weighted by Gasteiger charge is -2.12. The Morgan fingerprint density at radius 2 is 1.97 bits per heavy atom. The van der Waals surface area contributed by atoms with Crippen LogP contribution in [-0.4, -0.2) is 47.8 Å². The second-order valence-electron chi connectivity index (χ2n) is 7.08. The molecular formula is C24H25N3O4. The summed E-state index contributed by atoms with van der Waals surface area (Å²) in [5.41, 5.74) is 3.60. The van der Waals surface area contributed by atoms with Gasteiger partial charge in [0.1, 0.15) is 5.69 Å². The molecule has 0 fully saturated rings. The van der Waals surface area contributed by atoms with Crippen LogP contribution in [0.2, 0.25) is 0 Å². The molecule has 1 amide bonds. The zero-order chi connectivity index (χ0) is 21.8. The molecule has 0 bridgehead atoms. The lowest BCUT2D eigenvalue weighted by atomic mass is 10.1. The van der Waals surface area contributed by atoms with Crippen LogP contribution in [0.5, 0.6) is 11.5 Å². The summed E-state index contributed by atoms with van der Waals surface area (Å²) in [4.78, 5) is 20.9. The molecule has 0 aliphatic carbocycles. The number of H-pyrrole nitrogens is 1. The van der Waals surface area contributed by atoms with Gasteiger partial charge in [0.25, 0.3) is 5.91 Å². The van der Waals surface area contributed by atoms with Gasteiger partial charge in [0.05, 0.1) is 24.9 Å². The van der Waals surface area contributed by atoms with Crippen molar-refractivity contribution in [3.05, 3.63) is 54.2 Å². The number of hydrogen-bond acceptors (Lipinski definition) is 5. The number of methoxy groups -OCH3 is 1. The average Bonchev–Trinajstić information content (AvgIpc) is 3.18. The highest BCUT2D eigenvalue weighted by molar-refractivity contribution is 6.13. The molecule has 0 spiro atoms. The topological polar surface area (TPSA) is 96.5 Å².